The Balaban J connectivity index is 2.05. The predicted molar refractivity (Wildman–Crippen MR) is 66.1 cm³/mol. The molecule has 0 spiro atoms. The maximum atomic E-state index is 10.5. The van der Waals surface area contributed by atoms with Gasteiger partial charge in [0.25, 0.3) is 0 Å². The van der Waals surface area contributed by atoms with Crippen molar-refractivity contribution in [2.24, 2.45) is 0 Å². The van der Waals surface area contributed by atoms with Gasteiger partial charge < -0.3 is 5.11 Å². The van der Waals surface area contributed by atoms with E-state index in [1.807, 2.05) is 0 Å². The van der Waals surface area contributed by atoms with Crippen LogP contribution in [-0.2, 0) is 17.6 Å². The summed E-state index contributed by atoms with van der Waals surface area (Å²) in [7, 11) is 0. The Morgan fingerprint density at radius 2 is 2.12 bits per heavy atom. The van der Waals surface area contributed by atoms with E-state index in [0.717, 1.165) is 6.42 Å². The molecule has 0 saturated carbocycles. The van der Waals surface area contributed by atoms with Crippen LogP contribution in [0.25, 0.3) is 0 Å². The smallest absolute Gasteiger partial charge is 0.304 e. The van der Waals surface area contributed by atoms with E-state index in [-0.39, 0.29) is 6.42 Å². The van der Waals surface area contributed by atoms with E-state index in [1.165, 1.54) is 35.3 Å². The van der Waals surface area contributed by atoms with Crippen LogP contribution in [0.15, 0.2) is 23.1 Å². The van der Waals surface area contributed by atoms with E-state index in [2.05, 4.69) is 18.2 Å². The van der Waals surface area contributed by atoms with Crippen LogP contribution in [0.1, 0.15) is 30.4 Å². The van der Waals surface area contributed by atoms with Gasteiger partial charge in [-0.25, -0.2) is 0 Å². The molecule has 3 heteroatoms. The van der Waals surface area contributed by atoms with Crippen LogP contribution in [0.5, 0.6) is 0 Å². The van der Waals surface area contributed by atoms with Crippen molar-refractivity contribution >= 4 is 17.7 Å². The molecule has 1 aromatic carbocycles. The molecule has 16 heavy (non-hydrogen) atoms. The van der Waals surface area contributed by atoms with Crippen LogP contribution in [0.2, 0.25) is 0 Å². The molecule has 1 aliphatic rings. The third-order valence-corrected chi connectivity index (χ3v) is 4.03. The van der Waals surface area contributed by atoms with E-state index in [9.17, 15) is 4.79 Å². The fourth-order valence-corrected chi connectivity index (χ4v) is 3.21. The maximum absolute atomic E-state index is 10.5. The van der Waals surface area contributed by atoms with Gasteiger partial charge in [0.05, 0.1) is 6.42 Å². The van der Waals surface area contributed by atoms with Gasteiger partial charge in [-0.2, -0.15) is 0 Å². The quantitative estimate of drug-likeness (QED) is 0.816. The van der Waals surface area contributed by atoms with Crippen LogP contribution in [0.4, 0.5) is 0 Å². The highest BCUT2D eigenvalue weighted by atomic mass is 32.2. The van der Waals surface area contributed by atoms with Gasteiger partial charge in [-0.05, 0) is 42.9 Å². The SMILES string of the molecule is O=C(O)CCSc1cccc2c1CCCC2. The maximum Gasteiger partial charge on any atom is 0.304 e. The standard InChI is InChI=1S/C13H16O2S/c14-13(15)8-9-16-12-7-3-5-10-4-1-2-6-11(10)12/h3,5,7H,1-2,4,6,8-9H2,(H,14,15). The molecule has 0 fully saturated rings. The molecule has 0 saturated heterocycles. The molecule has 0 unspecified atom stereocenters. The molecule has 0 bridgehead atoms. The molecule has 0 aliphatic heterocycles. The number of aliphatic carboxylic acids is 1. The van der Waals surface area contributed by atoms with Crippen LogP contribution in [0.3, 0.4) is 0 Å². The van der Waals surface area contributed by atoms with E-state index < -0.39 is 5.97 Å². The molecule has 1 N–H and O–H groups in total. The minimum atomic E-state index is -0.711. The van der Waals surface area contributed by atoms with Gasteiger partial charge in [0.2, 0.25) is 0 Å². The molecular formula is C13H16O2S. The van der Waals surface area contributed by atoms with E-state index >= 15 is 0 Å². The number of carboxylic acids is 1. The average molecular weight is 236 g/mol. The fourth-order valence-electron chi connectivity index (χ4n) is 2.13. The van der Waals surface area contributed by atoms with Crippen molar-refractivity contribution in [2.75, 3.05) is 5.75 Å². The number of aryl methyl sites for hydroxylation is 1. The Hall–Kier alpha value is -0.960. The third-order valence-electron chi connectivity index (χ3n) is 2.93. The number of rotatable bonds is 4. The molecule has 86 valence electrons. The fraction of sp³-hybridized carbons (Fsp3) is 0.462. The van der Waals surface area contributed by atoms with E-state index in [0.29, 0.717) is 5.75 Å². The highest BCUT2D eigenvalue weighted by molar-refractivity contribution is 7.99. The summed E-state index contributed by atoms with van der Waals surface area (Å²) in [5, 5.41) is 8.62. The molecule has 0 atom stereocenters. The highest BCUT2D eigenvalue weighted by Gasteiger charge is 2.13. The summed E-state index contributed by atoms with van der Waals surface area (Å²) in [6.07, 6.45) is 5.14. The second-order valence-electron chi connectivity index (χ2n) is 4.09. The molecule has 2 rings (SSSR count). The predicted octanol–water partition coefficient (Wildman–Crippen LogP) is 3.13. The Kier molecular flexibility index (Phi) is 3.88. The summed E-state index contributed by atoms with van der Waals surface area (Å²) in [5.41, 5.74) is 2.93. The van der Waals surface area contributed by atoms with Crippen LogP contribution in [-0.4, -0.2) is 16.8 Å². The van der Waals surface area contributed by atoms with Crippen LogP contribution < -0.4 is 0 Å². The Morgan fingerprint density at radius 1 is 1.31 bits per heavy atom. The lowest BCUT2D eigenvalue weighted by Crippen LogP contribution is -2.04. The lowest BCUT2D eigenvalue weighted by atomic mass is 9.92. The molecule has 1 aliphatic carbocycles. The summed E-state index contributed by atoms with van der Waals surface area (Å²) in [6.45, 7) is 0. The number of hydrogen-bond donors (Lipinski definition) is 1. The average Bonchev–Trinajstić information content (AvgIpc) is 2.29. The van der Waals surface area contributed by atoms with Crippen molar-refractivity contribution in [1.82, 2.24) is 0 Å². The zero-order valence-electron chi connectivity index (χ0n) is 9.24. The largest absolute Gasteiger partial charge is 0.481 e. The number of thioether (sulfide) groups is 1. The van der Waals surface area contributed by atoms with Gasteiger partial charge in [-0.3, -0.25) is 4.79 Å². The minimum absolute atomic E-state index is 0.244. The first-order valence-corrected chi connectivity index (χ1v) is 6.71. The summed E-state index contributed by atoms with van der Waals surface area (Å²) in [6, 6.07) is 6.42. The minimum Gasteiger partial charge on any atom is -0.481 e. The summed E-state index contributed by atoms with van der Waals surface area (Å²) in [4.78, 5) is 11.8. The third kappa shape index (κ3) is 2.79. The molecule has 2 nitrogen and oxygen atoms in total. The number of hydrogen-bond acceptors (Lipinski definition) is 2. The zero-order valence-corrected chi connectivity index (χ0v) is 10.1. The van der Waals surface area contributed by atoms with Crippen LogP contribution >= 0.6 is 11.8 Å². The first-order valence-electron chi connectivity index (χ1n) is 5.73. The molecular weight excluding hydrogens is 220 g/mol. The number of fused-ring (bicyclic) bond motifs is 1. The van der Waals surface area contributed by atoms with Gasteiger partial charge in [-0.15, -0.1) is 11.8 Å². The van der Waals surface area contributed by atoms with Crippen molar-refractivity contribution in [3.8, 4) is 0 Å². The normalized spacial score (nSPS) is 14.5. The van der Waals surface area contributed by atoms with Crippen molar-refractivity contribution in [2.45, 2.75) is 37.0 Å². The van der Waals surface area contributed by atoms with Crippen molar-refractivity contribution < 1.29 is 9.90 Å². The lowest BCUT2D eigenvalue weighted by Gasteiger charge is -2.18. The number of benzene rings is 1. The second-order valence-corrected chi connectivity index (χ2v) is 5.23. The van der Waals surface area contributed by atoms with Crippen LogP contribution in [0, 0.1) is 0 Å². The topological polar surface area (TPSA) is 37.3 Å². The van der Waals surface area contributed by atoms with Gasteiger partial charge in [-0.1, -0.05) is 12.1 Å². The highest BCUT2D eigenvalue weighted by Crippen LogP contribution is 2.31. The molecule has 1 aromatic rings. The van der Waals surface area contributed by atoms with Gasteiger partial charge in [0.15, 0.2) is 0 Å². The van der Waals surface area contributed by atoms with Gasteiger partial charge >= 0.3 is 5.97 Å². The first-order chi connectivity index (χ1) is 7.77. The van der Waals surface area contributed by atoms with Crippen molar-refractivity contribution in [1.29, 1.82) is 0 Å². The lowest BCUT2D eigenvalue weighted by molar-refractivity contribution is -0.136. The molecule has 0 heterocycles. The Morgan fingerprint density at radius 3 is 2.94 bits per heavy atom. The molecule has 0 amide bonds. The summed E-state index contributed by atoms with van der Waals surface area (Å²) in [5.74, 6) is -0.0384. The molecule has 0 radical (unpaired) electrons. The monoisotopic (exact) mass is 236 g/mol. The van der Waals surface area contributed by atoms with Gasteiger partial charge in [0, 0.05) is 10.6 Å². The Bertz CT molecular complexity index is 388. The van der Waals surface area contributed by atoms with Gasteiger partial charge in [0.1, 0.15) is 0 Å². The summed E-state index contributed by atoms with van der Waals surface area (Å²) < 4.78 is 0. The summed E-state index contributed by atoms with van der Waals surface area (Å²) >= 11 is 1.68. The molecule has 0 aromatic heterocycles. The van der Waals surface area contributed by atoms with Crippen molar-refractivity contribution in [3.63, 3.8) is 0 Å². The second kappa shape index (κ2) is 5.39. The Labute approximate surface area is 100 Å². The number of carboxylic acid groups (broad SMARTS) is 1. The zero-order chi connectivity index (χ0) is 11.4. The van der Waals surface area contributed by atoms with Crippen molar-refractivity contribution in [3.05, 3.63) is 29.3 Å². The van der Waals surface area contributed by atoms with E-state index in [4.69, 9.17) is 5.11 Å². The first kappa shape index (κ1) is 11.5. The van der Waals surface area contributed by atoms with E-state index in [1.54, 1.807) is 11.8 Å². The number of carbonyl (C=O) groups is 1.